The van der Waals surface area contributed by atoms with Gasteiger partial charge in [-0.2, -0.15) is 0 Å². The molecule has 1 atom stereocenters. The highest BCUT2D eigenvalue weighted by atomic mass is 16.1. The third-order valence-corrected chi connectivity index (χ3v) is 1.47. The summed E-state index contributed by atoms with van der Waals surface area (Å²) in [5.74, 6) is 0.465. The number of hydrogen-bond acceptors (Lipinski definition) is 1. The Balaban J connectivity index is 2.36. The van der Waals surface area contributed by atoms with E-state index in [2.05, 4.69) is 12.2 Å². The number of allylic oxidation sites excluding steroid dienone is 4. The Morgan fingerprint density at radius 1 is 1.56 bits per heavy atom. The summed E-state index contributed by atoms with van der Waals surface area (Å²) in [6.07, 6.45) is 10.9. The molecule has 0 spiro atoms. The molecule has 1 aliphatic carbocycles. The van der Waals surface area contributed by atoms with Gasteiger partial charge < -0.3 is 4.79 Å². The molecule has 0 saturated carbocycles. The van der Waals surface area contributed by atoms with Crippen LogP contribution in [0.5, 0.6) is 0 Å². The molecule has 1 nitrogen and oxygen atoms in total. The zero-order valence-corrected chi connectivity index (χ0v) is 5.29. The van der Waals surface area contributed by atoms with E-state index in [4.69, 9.17) is 0 Å². The lowest BCUT2D eigenvalue weighted by Crippen LogP contribution is -1.96. The molecule has 0 aliphatic heterocycles. The van der Waals surface area contributed by atoms with Crippen LogP contribution in [0.15, 0.2) is 24.3 Å². The molecule has 0 aromatic rings. The molecule has 9 heavy (non-hydrogen) atoms. The fourth-order valence-corrected chi connectivity index (χ4v) is 0.930. The number of carbonyl (C=O) groups is 1. The molecule has 1 unspecified atom stereocenters. The average molecular weight is 122 g/mol. The lowest BCUT2D eigenvalue weighted by atomic mass is 9.98. The van der Waals surface area contributed by atoms with E-state index < -0.39 is 0 Å². The Labute approximate surface area is 55.1 Å². The fraction of sp³-hybridized carbons (Fsp3) is 0.375. The van der Waals surface area contributed by atoms with Crippen molar-refractivity contribution in [2.24, 2.45) is 5.92 Å². The molecule has 1 heteroatoms. The van der Waals surface area contributed by atoms with Gasteiger partial charge in [-0.25, -0.2) is 0 Å². The molecule has 1 aliphatic rings. The van der Waals surface area contributed by atoms with Crippen LogP contribution in [0, 0.1) is 5.92 Å². The van der Waals surface area contributed by atoms with Crippen molar-refractivity contribution in [3.05, 3.63) is 24.3 Å². The van der Waals surface area contributed by atoms with E-state index in [-0.39, 0.29) is 0 Å². The van der Waals surface area contributed by atoms with Gasteiger partial charge in [0.15, 0.2) is 0 Å². The van der Waals surface area contributed by atoms with Crippen LogP contribution in [0.25, 0.3) is 0 Å². The Morgan fingerprint density at radius 2 is 2.44 bits per heavy atom. The summed E-state index contributed by atoms with van der Waals surface area (Å²) < 4.78 is 0. The zero-order chi connectivity index (χ0) is 6.53. The SMILES string of the molecule is O=CCC1C=CC=CC1. The second-order valence-electron chi connectivity index (χ2n) is 2.21. The standard InChI is InChI=1S/C8H10O/c9-7-6-8-4-2-1-3-5-8/h1-4,7-8H,5-6H2. The van der Waals surface area contributed by atoms with E-state index in [9.17, 15) is 4.79 Å². The summed E-state index contributed by atoms with van der Waals surface area (Å²) in [4.78, 5) is 10.0. The van der Waals surface area contributed by atoms with E-state index in [1.807, 2.05) is 12.2 Å². The first-order chi connectivity index (χ1) is 4.43. The molecule has 0 saturated heterocycles. The molecular formula is C8H10O. The maximum Gasteiger partial charge on any atom is 0.120 e. The van der Waals surface area contributed by atoms with Gasteiger partial charge in [0, 0.05) is 6.42 Å². The van der Waals surface area contributed by atoms with Crippen LogP contribution in [-0.2, 0) is 4.79 Å². The summed E-state index contributed by atoms with van der Waals surface area (Å²) in [5.41, 5.74) is 0. The van der Waals surface area contributed by atoms with Crippen LogP contribution in [0.1, 0.15) is 12.8 Å². The predicted molar refractivity (Wildman–Crippen MR) is 37.1 cm³/mol. The molecule has 0 fully saturated rings. The summed E-state index contributed by atoms with van der Waals surface area (Å²) >= 11 is 0. The highest BCUT2D eigenvalue weighted by Crippen LogP contribution is 2.13. The van der Waals surface area contributed by atoms with Crippen LogP contribution in [-0.4, -0.2) is 6.29 Å². The molecule has 48 valence electrons. The Kier molecular flexibility index (Phi) is 2.25. The first kappa shape index (κ1) is 6.27. The summed E-state index contributed by atoms with van der Waals surface area (Å²) in [6.45, 7) is 0. The largest absolute Gasteiger partial charge is 0.303 e. The van der Waals surface area contributed by atoms with Gasteiger partial charge in [0.25, 0.3) is 0 Å². The van der Waals surface area contributed by atoms with Gasteiger partial charge >= 0.3 is 0 Å². The van der Waals surface area contributed by atoms with Crippen molar-refractivity contribution in [1.82, 2.24) is 0 Å². The van der Waals surface area contributed by atoms with E-state index >= 15 is 0 Å². The topological polar surface area (TPSA) is 17.1 Å². The van der Waals surface area contributed by atoms with Gasteiger partial charge in [0.05, 0.1) is 0 Å². The number of carbonyl (C=O) groups excluding carboxylic acids is 1. The lowest BCUT2D eigenvalue weighted by Gasteiger charge is -2.06. The van der Waals surface area contributed by atoms with Gasteiger partial charge in [0.2, 0.25) is 0 Å². The van der Waals surface area contributed by atoms with E-state index in [0.717, 1.165) is 12.7 Å². The number of rotatable bonds is 2. The third-order valence-electron chi connectivity index (χ3n) is 1.47. The van der Waals surface area contributed by atoms with E-state index in [1.165, 1.54) is 0 Å². The van der Waals surface area contributed by atoms with Crippen LogP contribution in [0.3, 0.4) is 0 Å². The molecule has 0 bridgehead atoms. The fourth-order valence-electron chi connectivity index (χ4n) is 0.930. The highest BCUT2D eigenvalue weighted by molar-refractivity contribution is 5.50. The normalized spacial score (nSPS) is 24.2. The minimum Gasteiger partial charge on any atom is -0.303 e. The molecule has 0 N–H and O–H groups in total. The molecule has 0 aromatic carbocycles. The molecule has 0 amide bonds. The monoisotopic (exact) mass is 122 g/mol. The minimum atomic E-state index is 0.465. The molecular weight excluding hydrogens is 112 g/mol. The second-order valence-corrected chi connectivity index (χ2v) is 2.21. The Bertz CT molecular complexity index is 143. The Morgan fingerprint density at radius 3 is 3.00 bits per heavy atom. The van der Waals surface area contributed by atoms with Crippen molar-refractivity contribution in [2.45, 2.75) is 12.8 Å². The zero-order valence-electron chi connectivity index (χ0n) is 5.29. The maximum atomic E-state index is 10.0. The molecule has 0 aromatic heterocycles. The predicted octanol–water partition coefficient (Wildman–Crippen LogP) is 1.71. The lowest BCUT2D eigenvalue weighted by molar-refractivity contribution is -0.108. The van der Waals surface area contributed by atoms with E-state index in [1.54, 1.807) is 0 Å². The first-order valence-electron chi connectivity index (χ1n) is 3.20. The van der Waals surface area contributed by atoms with Crippen molar-refractivity contribution in [1.29, 1.82) is 0 Å². The van der Waals surface area contributed by atoms with Crippen LogP contribution < -0.4 is 0 Å². The molecule has 1 rings (SSSR count). The maximum absolute atomic E-state index is 10.0. The van der Waals surface area contributed by atoms with Crippen molar-refractivity contribution >= 4 is 6.29 Å². The number of hydrogen-bond donors (Lipinski definition) is 0. The van der Waals surface area contributed by atoms with E-state index in [0.29, 0.717) is 12.3 Å². The molecule has 0 heterocycles. The van der Waals surface area contributed by atoms with Crippen LogP contribution in [0.2, 0.25) is 0 Å². The summed E-state index contributed by atoms with van der Waals surface area (Å²) in [7, 11) is 0. The van der Waals surface area contributed by atoms with Gasteiger partial charge in [-0.1, -0.05) is 24.3 Å². The third kappa shape index (κ3) is 1.84. The first-order valence-corrected chi connectivity index (χ1v) is 3.20. The van der Waals surface area contributed by atoms with Gasteiger partial charge in [0.1, 0.15) is 6.29 Å². The van der Waals surface area contributed by atoms with Crippen LogP contribution >= 0.6 is 0 Å². The Hall–Kier alpha value is -0.850. The second kappa shape index (κ2) is 3.23. The quantitative estimate of drug-likeness (QED) is 0.509. The number of aldehydes is 1. The summed E-state index contributed by atoms with van der Waals surface area (Å²) in [5, 5.41) is 0. The van der Waals surface area contributed by atoms with Gasteiger partial charge in [-0.3, -0.25) is 0 Å². The van der Waals surface area contributed by atoms with Gasteiger partial charge in [-0.05, 0) is 12.3 Å². The molecule has 0 radical (unpaired) electrons. The smallest absolute Gasteiger partial charge is 0.120 e. The minimum absolute atomic E-state index is 0.465. The van der Waals surface area contributed by atoms with Crippen molar-refractivity contribution in [2.75, 3.05) is 0 Å². The van der Waals surface area contributed by atoms with Crippen molar-refractivity contribution < 1.29 is 4.79 Å². The van der Waals surface area contributed by atoms with Crippen molar-refractivity contribution in [3.8, 4) is 0 Å². The summed E-state index contributed by atoms with van der Waals surface area (Å²) in [6, 6.07) is 0. The average Bonchev–Trinajstić information content (AvgIpc) is 1.91. The van der Waals surface area contributed by atoms with Crippen molar-refractivity contribution in [3.63, 3.8) is 0 Å². The highest BCUT2D eigenvalue weighted by Gasteiger charge is 2.02. The van der Waals surface area contributed by atoms with Gasteiger partial charge in [-0.15, -0.1) is 0 Å². The van der Waals surface area contributed by atoms with Crippen LogP contribution in [0.4, 0.5) is 0 Å².